The van der Waals surface area contributed by atoms with Crippen molar-refractivity contribution < 1.29 is 10.2 Å². The van der Waals surface area contributed by atoms with Gasteiger partial charge in [-0.2, -0.15) is 0 Å². The minimum Gasteiger partial charge on any atom is -0.393 e. The zero-order valence-electron chi connectivity index (χ0n) is 22.0. The first-order valence-corrected chi connectivity index (χ1v) is 13.8. The smallest absolute Gasteiger partial charge is 0.0771 e. The monoisotopic (exact) mass is 442 g/mol. The highest BCUT2D eigenvalue weighted by molar-refractivity contribution is 5.30. The molecular formula is C30H50O2. The number of hydrogen-bond acceptors (Lipinski definition) is 2. The van der Waals surface area contributed by atoms with Crippen LogP contribution in [0.5, 0.6) is 0 Å². The van der Waals surface area contributed by atoms with Crippen molar-refractivity contribution in [2.45, 2.75) is 124 Å². The lowest BCUT2D eigenvalue weighted by Crippen LogP contribution is -2.57. The molecule has 182 valence electrons. The Bertz CT molecular complexity index is 791. The van der Waals surface area contributed by atoms with E-state index in [-0.39, 0.29) is 11.5 Å². The second-order valence-corrected chi connectivity index (χ2v) is 14.8. The Kier molecular flexibility index (Phi) is 5.02. The SMILES string of the molecule is C[C@H](CC=CC(C)(C)O)C1CC[C@@]2(C)[C@@H]3CC[C@H]4C(C)(C)[C@@H](O)CC[C@@]45CC35CC[C@]12C. The lowest BCUT2D eigenvalue weighted by molar-refractivity contribution is -0.161. The number of fused-ring (bicyclic) bond motifs is 2. The predicted molar refractivity (Wildman–Crippen MR) is 132 cm³/mol. The van der Waals surface area contributed by atoms with E-state index in [1.165, 1.54) is 51.4 Å². The number of aliphatic hydroxyl groups excluding tert-OH is 1. The first-order valence-electron chi connectivity index (χ1n) is 13.8. The summed E-state index contributed by atoms with van der Waals surface area (Å²) in [5, 5.41) is 20.9. The summed E-state index contributed by atoms with van der Waals surface area (Å²) in [6, 6.07) is 0. The molecule has 5 aliphatic rings. The summed E-state index contributed by atoms with van der Waals surface area (Å²) in [4.78, 5) is 0. The number of hydrogen-bond donors (Lipinski definition) is 2. The van der Waals surface area contributed by atoms with Gasteiger partial charge < -0.3 is 10.2 Å². The van der Waals surface area contributed by atoms with Crippen LogP contribution in [-0.4, -0.2) is 21.9 Å². The van der Waals surface area contributed by atoms with Crippen molar-refractivity contribution in [3.05, 3.63) is 12.2 Å². The van der Waals surface area contributed by atoms with Crippen molar-refractivity contribution in [2.24, 2.45) is 50.7 Å². The normalized spacial score (nSPS) is 52.7. The van der Waals surface area contributed by atoms with Gasteiger partial charge in [0.2, 0.25) is 0 Å². The van der Waals surface area contributed by atoms with Crippen molar-refractivity contribution in [1.82, 2.24) is 0 Å². The molecule has 5 rings (SSSR count). The molecule has 0 heterocycles. The molecule has 0 bridgehead atoms. The Morgan fingerprint density at radius 1 is 0.875 bits per heavy atom. The molecule has 2 nitrogen and oxygen atoms in total. The molecular weight excluding hydrogens is 392 g/mol. The fourth-order valence-corrected chi connectivity index (χ4v) is 11.0. The molecule has 32 heavy (non-hydrogen) atoms. The molecule has 5 saturated carbocycles. The number of aliphatic hydroxyl groups is 2. The average molecular weight is 443 g/mol. The van der Waals surface area contributed by atoms with E-state index in [2.05, 4.69) is 40.7 Å². The van der Waals surface area contributed by atoms with Crippen molar-refractivity contribution in [3.63, 3.8) is 0 Å². The van der Waals surface area contributed by atoms with E-state index in [1.54, 1.807) is 0 Å². The summed E-state index contributed by atoms with van der Waals surface area (Å²) >= 11 is 0. The molecule has 0 aromatic heterocycles. The third-order valence-corrected chi connectivity index (χ3v) is 12.9. The third-order valence-electron chi connectivity index (χ3n) is 12.9. The highest BCUT2D eigenvalue weighted by Gasteiger charge is 2.82. The second-order valence-electron chi connectivity index (χ2n) is 14.8. The van der Waals surface area contributed by atoms with E-state index >= 15 is 0 Å². The molecule has 0 aliphatic heterocycles. The molecule has 0 amide bonds. The first-order chi connectivity index (χ1) is 14.7. The van der Waals surface area contributed by atoms with Gasteiger partial charge in [0, 0.05) is 0 Å². The molecule has 5 aliphatic carbocycles. The minimum absolute atomic E-state index is 0.0912. The van der Waals surface area contributed by atoms with Gasteiger partial charge in [0.1, 0.15) is 0 Å². The highest BCUT2D eigenvalue weighted by Crippen LogP contribution is 2.89. The van der Waals surface area contributed by atoms with E-state index in [4.69, 9.17) is 0 Å². The Morgan fingerprint density at radius 2 is 1.53 bits per heavy atom. The van der Waals surface area contributed by atoms with Crippen LogP contribution >= 0.6 is 0 Å². The van der Waals surface area contributed by atoms with Crippen LogP contribution in [0.2, 0.25) is 0 Å². The number of allylic oxidation sites excluding steroid dienone is 1. The quantitative estimate of drug-likeness (QED) is 0.454. The molecule has 9 atom stereocenters. The van der Waals surface area contributed by atoms with Gasteiger partial charge in [0.15, 0.2) is 0 Å². The molecule has 2 N–H and O–H groups in total. The van der Waals surface area contributed by atoms with Crippen LogP contribution in [-0.2, 0) is 0 Å². The van der Waals surface area contributed by atoms with E-state index in [0.717, 1.165) is 30.6 Å². The maximum absolute atomic E-state index is 10.8. The molecule has 0 saturated heterocycles. The van der Waals surface area contributed by atoms with Crippen molar-refractivity contribution in [2.75, 3.05) is 0 Å². The summed E-state index contributed by atoms with van der Waals surface area (Å²) < 4.78 is 0. The Hall–Kier alpha value is -0.340. The largest absolute Gasteiger partial charge is 0.393 e. The Balaban J connectivity index is 1.40. The third kappa shape index (κ3) is 2.84. The van der Waals surface area contributed by atoms with Crippen molar-refractivity contribution in [1.29, 1.82) is 0 Å². The summed E-state index contributed by atoms with van der Waals surface area (Å²) in [7, 11) is 0. The van der Waals surface area contributed by atoms with Gasteiger partial charge in [-0.15, -0.1) is 0 Å². The standard InChI is InChI=1S/C30H50O2/c1-20(9-8-14-25(2,3)32)21-12-15-28(7)23-11-10-22-26(4,5)24(31)13-16-29(22)19-30(23,29)18-17-27(21,28)6/h8,14,20-24,31-32H,9-13,15-19H2,1-7H3/t20-,21?,22+,23+,24+,27-,28+,29-,30?/m1/s1. The summed E-state index contributed by atoms with van der Waals surface area (Å²) in [6.07, 6.45) is 17.4. The molecule has 0 radical (unpaired) electrons. The molecule has 5 fully saturated rings. The van der Waals surface area contributed by atoms with Crippen LogP contribution in [0.4, 0.5) is 0 Å². The number of rotatable bonds is 4. The lowest BCUT2D eigenvalue weighted by Gasteiger charge is -2.63. The molecule has 0 aromatic rings. The average Bonchev–Trinajstić information content (AvgIpc) is 3.27. The van der Waals surface area contributed by atoms with Crippen LogP contribution in [0.1, 0.15) is 113 Å². The van der Waals surface area contributed by atoms with Gasteiger partial charge in [0.25, 0.3) is 0 Å². The summed E-state index contributed by atoms with van der Waals surface area (Å²) in [5.41, 5.74) is 1.44. The summed E-state index contributed by atoms with van der Waals surface area (Å²) in [5.74, 6) is 3.10. The fraction of sp³-hybridized carbons (Fsp3) is 0.933. The van der Waals surface area contributed by atoms with Crippen molar-refractivity contribution in [3.8, 4) is 0 Å². The van der Waals surface area contributed by atoms with E-state index in [1.807, 2.05) is 19.9 Å². The first kappa shape index (κ1) is 23.4. The molecule has 2 unspecified atom stereocenters. The van der Waals surface area contributed by atoms with E-state index in [9.17, 15) is 10.2 Å². The van der Waals surface area contributed by atoms with Crippen LogP contribution in [0.25, 0.3) is 0 Å². The highest BCUT2D eigenvalue weighted by atomic mass is 16.3. The lowest BCUT2D eigenvalue weighted by atomic mass is 9.42. The van der Waals surface area contributed by atoms with Gasteiger partial charge >= 0.3 is 0 Å². The second kappa shape index (κ2) is 6.87. The zero-order chi connectivity index (χ0) is 23.4. The van der Waals surface area contributed by atoms with E-state index in [0.29, 0.717) is 27.6 Å². The molecule has 0 aromatic carbocycles. The topological polar surface area (TPSA) is 40.5 Å². The maximum Gasteiger partial charge on any atom is 0.0771 e. The van der Waals surface area contributed by atoms with Crippen LogP contribution < -0.4 is 0 Å². The van der Waals surface area contributed by atoms with Gasteiger partial charge in [-0.3, -0.25) is 0 Å². The minimum atomic E-state index is -0.703. The zero-order valence-corrected chi connectivity index (χ0v) is 22.0. The van der Waals surface area contributed by atoms with Crippen LogP contribution in [0.3, 0.4) is 0 Å². The van der Waals surface area contributed by atoms with Crippen LogP contribution in [0.15, 0.2) is 12.2 Å². The predicted octanol–water partition coefficient (Wildman–Crippen LogP) is 7.14. The Labute approximate surface area is 197 Å². The summed E-state index contributed by atoms with van der Waals surface area (Å²) in [6.45, 7) is 16.3. The van der Waals surface area contributed by atoms with Gasteiger partial charge in [-0.05, 0) is 129 Å². The maximum atomic E-state index is 10.8. The molecule has 2 spiro atoms. The van der Waals surface area contributed by atoms with E-state index < -0.39 is 5.60 Å². The van der Waals surface area contributed by atoms with Crippen LogP contribution in [0, 0.1) is 50.7 Å². The van der Waals surface area contributed by atoms with Crippen molar-refractivity contribution >= 4 is 0 Å². The van der Waals surface area contributed by atoms with Gasteiger partial charge in [0.05, 0.1) is 11.7 Å². The van der Waals surface area contributed by atoms with Gasteiger partial charge in [-0.25, -0.2) is 0 Å². The Morgan fingerprint density at radius 3 is 2.22 bits per heavy atom. The fourth-order valence-electron chi connectivity index (χ4n) is 11.0. The van der Waals surface area contributed by atoms with Gasteiger partial charge in [-0.1, -0.05) is 46.8 Å². The molecule has 2 heteroatoms.